The van der Waals surface area contributed by atoms with E-state index in [1.807, 2.05) is 19.1 Å². The van der Waals surface area contributed by atoms with Gasteiger partial charge < -0.3 is 14.7 Å². The summed E-state index contributed by atoms with van der Waals surface area (Å²) in [7, 11) is 0. The number of likely N-dealkylation sites (tertiary alicyclic amines) is 1. The summed E-state index contributed by atoms with van der Waals surface area (Å²) in [5.41, 5.74) is 1.56. The number of benzene rings is 1. The standard InChI is InChI=1S/C20H22N2O4/c1-14-10-17(20(24)25)12-22(11-14)19(23)16-2-4-18(5-3-16)26-13-15-6-8-21-9-7-15/h2-9,14,17H,10-13H2,1H3,(H,24,25). The van der Waals surface area contributed by atoms with Crippen molar-refractivity contribution in [2.24, 2.45) is 11.8 Å². The Balaban J connectivity index is 1.62. The minimum atomic E-state index is -0.839. The van der Waals surface area contributed by atoms with Gasteiger partial charge in [-0.25, -0.2) is 0 Å². The molecule has 1 aromatic heterocycles. The maximum Gasteiger partial charge on any atom is 0.308 e. The lowest BCUT2D eigenvalue weighted by atomic mass is 9.90. The summed E-state index contributed by atoms with van der Waals surface area (Å²) in [6, 6.07) is 10.7. The van der Waals surface area contributed by atoms with Crippen LogP contribution in [0.25, 0.3) is 0 Å². The van der Waals surface area contributed by atoms with Gasteiger partial charge in [-0.15, -0.1) is 0 Å². The molecule has 0 bridgehead atoms. The molecule has 6 heteroatoms. The first kappa shape index (κ1) is 17.9. The first-order valence-electron chi connectivity index (χ1n) is 8.67. The molecule has 0 saturated carbocycles. The van der Waals surface area contributed by atoms with E-state index in [1.54, 1.807) is 41.6 Å². The van der Waals surface area contributed by atoms with Gasteiger partial charge >= 0.3 is 5.97 Å². The summed E-state index contributed by atoms with van der Waals surface area (Å²) < 4.78 is 5.71. The largest absolute Gasteiger partial charge is 0.489 e. The number of hydrogen-bond donors (Lipinski definition) is 1. The number of carboxylic acids is 1. The van der Waals surface area contributed by atoms with Crippen LogP contribution in [-0.2, 0) is 11.4 Å². The van der Waals surface area contributed by atoms with Crippen LogP contribution in [0.1, 0.15) is 29.3 Å². The van der Waals surface area contributed by atoms with Crippen LogP contribution in [-0.4, -0.2) is 40.0 Å². The van der Waals surface area contributed by atoms with Gasteiger partial charge in [-0.05, 0) is 54.3 Å². The number of carbonyl (C=O) groups excluding carboxylic acids is 1. The monoisotopic (exact) mass is 354 g/mol. The highest BCUT2D eigenvalue weighted by atomic mass is 16.5. The number of carbonyl (C=O) groups is 2. The van der Waals surface area contributed by atoms with Crippen molar-refractivity contribution >= 4 is 11.9 Å². The molecular weight excluding hydrogens is 332 g/mol. The number of rotatable bonds is 5. The molecule has 2 atom stereocenters. The zero-order chi connectivity index (χ0) is 18.5. The molecule has 1 aliphatic heterocycles. The van der Waals surface area contributed by atoms with E-state index in [1.165, 1.54) is 0 Å². The maximum atomic E-state index is 12.7. The van der Waals surface area contributed by atoms with E-state index >= 15 is 0 Å². The van der Waals surface area contributed by atoms with Crippen LogP contribution in [0, 0.1) is 11.8 Å². The molecule has 0 spiro atoms. The van der Waals surface area contributed by atoms with E-state index in [2.05, 4.69) is 4.98 Å². The van der Waals surface area contributed by atoms with Crippen molar-refractivity contribution in [2.45, 2.75) is 20.0 Å². The van der Waals surface area contributed by atoms with Gasteiger partial charge in [-0.3, -0.25) is 14.6 Å². The lowest BCUT2D eigenvalue weighted by molar-refractivity contribution is -0.143. The van der Waals surface area contributed by atoms with Crippen molar-refractivity contribution in [3.8, 4) is 5.75 Å². The highest BCUT2D eigenvalue weighted by molar-refractivity contribution is 5.94. The molecule has 136 valence electrons. The van der Waals surface area contributed by atoms with Gasteiger partial charge in [0.15, 0.2) is 0 Å². The number of aliphatic carboxylic acids is 1. The number of nitrogens with zero attached hydrogens (tertiary/aromatic N) is 2. The van der Waals surface area contributed by atoms with Crippen LogP contribution in [0.3, 0.4) is 0 Å². The SMILES string of the molecule is CC1CC(C(=O)O)CN(C(=O)c2ccc(OCc3ccncc3)cc2)C1. The summed E-state index contributed by atoms with van der Waals surface area (Å²) in [5, 5.41) is 9.26. The summed E-state index contributed by atoms with van der Waals surface area (Å²) >= 11 is 0. The van der Waals surface area contributed by atoms with Crippen LogP contribution in [0.5, 0.6) is 5.75 Å². The lowest BCUT2D eigenvalue weighted by Gasteiger charge is -2.34. The van der Waals surface area contributed by atoms with Gasteiger partial charge in [-0.1, -0.05) is 6.92 Å². The van der Waals surface area contributed by atoms with Crippen LogP contribution in [0.4, 0.5) is 0 Å². The van der Waals surface area contributed by atoms with Gasteiger partial charge in [0.25, 0.3) is 5.91 Å². The van der Waals surface area contributed by atoms with Crippen LogP contribution >= 0.6 is 0 Å². The molecule has 2 unspecified atom stereocenters. The maximum absolute atomic E-state index is 12.7. The molecule has 1 N–H and O–H groups in total. The van der Waals surface area contributed by atoms with Crippen LogP contribution < -0.4 is 4.74 Å². The summed E-state index contributed by atoms with van der Waals surface area (Å²) in [4.78, 5) is 29.6. The molecule has 1 amide bonds. The summed E-state index contributed by atoms with van der Waals surface area (Å²) in [6.45, 7) is 3.26. The van der Waals surface area contributed by atoms with Crippen molar-refractivity contribution in [3.05, 3.63) is 59.9 Å². The van der Waals surface area contributed by atoms with Crippen LogP contribution in [0.2, 0.25) is 0 Å². The van der Waals surface area contributed by atoms with Crippen molar-refractivity contribution in [1.29, 1.82) is 0 Å². The molecule has 2 aromatic rings. The highest BCUT2D eigenvalue weighted by Crippen LogP contribution is 2.24. The predicted octanol–water partition coefficient (Wildman–Crippen LogP) is 2.84. The van der Waals surface area contributed by atoms with Gasteiger partial charge in [0.05, 0.1) is 5.92 Å². The van der Waals surface area contributed by atoms with Gasteiger partial charge in [0.1, 0.15) is 12.4 Å². The lowest BCUT2D eigenvalue weighted by Crippen LogP contribution is -2.45. The molecule has 1 aliphatic rings. The quantitative estimate of drug-likeness (QED) is 0.893. The number of ether oxygens (including phenoxy) is 1. The van der Waals surface area contributed by atoms with Crippen LogP contribution in [0.15, 0.2) is 48.8 Å². The molecule has 6 nitrogen and oxygen atoms in total. The third-order valence-corrected chi connectivity index (χ3v) is 4.55. The zero-order valence-electron chi connectivity index (χ0n) is 14.7. The number of amides is 1. The number of carboxylic acid groups (broad SMARTS) is 1. The number of piperidine rings is 1. The predicted molar refractivity (Wildman–Crippen MR) is 95.8 cm³/mol. The second kappa shape index (κ2) is 7.99. The second-order valence-electron chi connectivity index (χ2n) is 6.75. The van der Waals surface area contributed by atoms with Gasteiger partial charge in [-0.2, -0.15) is 0 Å². The molecule has 1 saturated heterocycles. The second-order valence-corrected chi connectivity index (χ2v) is 6.75. The van der Waals surface area contributed by atoms with E-state index in [0.29, 0.717) is 30.9 Å². The summed E-state index contributed by atoms with van der Waals surface area (Å²) in [5.74, 6) is -0.617. The molecule has 3 rings (SSSR count). The molecule has 2 heterocycles. The Morgan fingerprint density at radius 3 is 2.50 bits per heavy atom. The Morgan fingerprint density at radius 1 is 1.15 bits per heavy atom. The average molecular weight is 354 g/mol. The third kappa shape index (κ3) is 4.39. The Kier molecular flexibility index (Phi) is 5.51. The molecular formula is C20H22N2O4. The van der Waals surface area contributed by atoms with Crippen molar-refractivity contribution < 1.29 is 19.4 Å². The topological polar surface area (TPSA) is 79.7 Å². The van der Waals surface area contributed by atoms with Crippen molar-refractivity contribution in [3.63, 3.8) is 0 Å². The highest BCUT2D eigenvalue weighted by Gasteiger charge is 2.32. The Labute approximate surface area is 152 Å². The van der Waals surface area contributed by atoms with E-state index in [0.717, 1.165) is 5.56 Å². The fourth-order valence-electron chi connectivity index (χ4n) is 3.22. The average Bonchev–Trinajstić information content (AvgIpc) is 2.66. The summed E-state index contributed by atoms with van der Waals surface area (Å²) in [6.07, 6.45) is 4.04. The van der Waals surface area contributed by atoms with E-state index in [-0.39, 0.29) is 18.4 Å². The first-order valence-corrected chi connectivity index (χ1v) is 8.67. The zero-order valence-corrected chi connectivity index (χ0v) is 14.7. The van der Waals surface area contributed by atoms with E-state index < -0.39 is 11.9 Å². The molecule has 0 aliphatic carbocycles. The minimum Gasteiger partial charge on any atom is -0.489 e. The van der Waals surface area contributed by atoms with E-state index in [4.69, 9.17) is 4.74 Å². The fourth-order valence-corrected chi connectivity index (χ4v) is 3.22. The minimum absolute atomic E-state index is 0.136. The molecule has 1 fully saturated rings. The van der Waals surface area contributed by atoms with Crippen molar-refractivity contribution in [1.82, 2.24) is 9.88 Å². The van der Waals surface area contributed by atoms with Gasteiger partial charge in [0.2, 0.25) is 0 Å². The Morgan fingerprint density at radius 2 is 1.85 bits per heavy atom. The number of hydrogen-bond acceptors (Lipinski definition) is 4. The number of aromatic nitrogens is 1. The number of pyridine rings is 1. The molecule has 1 aromatic carbocycles. The van der Waals surface area contributed by atoms with Gasteiger partial charge in [0, 0.05) is 31.0 Å². The smallest absolute Gasteiger partial charge is 0.308 e. The van der Waals surface area contributed by atoms with E-state index in [9.17, 15) is 14.7 Å². The Bertz CT molecular complexity index is 761. The first-order chi connectivity index (χ1) is 12.5. The normalized spacial score (nSPS) is 19.8. The molecule has 0 radical (unpaired) electrons. The van der Waals surface area contributed by atoms with Crippen molar-refractivity contribution in [2.75, 3.05) is 13.1 Å². The molecule has 26 heavy (non-hydrogen) atoms. The fraction of sp³-hybridized carbons (Fsp3) is 0.350. The third-order valence-electron chi connectivity index (χ3n) is 4.55. The Hall–Kier alpha value is -2.89.